The molecule has 1 aromatic carbocycles. The molecule has 0 unspecified atom stereocenters. The van der Waals surface area contributed by atoms with Gasteiger partial charge in [-0.1, -0.05) is 18.2 Å². The maximum atomic E-state index is 13.5. The molecule has 0 spiro atoms. The first-order chi connectivity index (χ1) is 9.83. The van der Waals surface area contributed by atoms with E-state index in [-0.39, 0.29) is 5.82 Å². The highest BCUT2D eigenvalue weighted by Gasteiger charge is 2.07. The first kappa shape index (κ1) is 12.5. The molecule has 4 nitrogen and oxygen atoms in total. The van der Waals surface area contributed by atoms with Crippen LogP contribution in [-0.2, 0) is 12.8 Å². The Morgan fingerprint density at radius 2 is 1.95 bits per heavy atom. The van der Waals surface area contributed by atoms with Gasteiger partial charge in [0, 0.05) is 24.4 Å². The Morgan fingerprint density at radius 3 is 2.75 bits per heavy atom. The van der Waals surface area contributed by atoms with Crippen molar-refractivity contribution >= 4 is 0 Å². The first-order valence-corrected chi connectivity index (χ1v) is 6.38. The molecule has 0 aliphatic rings. The third-order valence-corrected chi connectivity index (χ3v) is 3.04. The fourth-order valence-corrected chi connectivity index (χ4v) is 1.99. The van der Waals surface area contributed by atoms with Crippen LogP contribution >= 0.6 is 0 Å². The van der Waals surface area contributed by atoms with E-state index in [9.17, 15) is 4.39 Å². The Bertz CT molecular complexity index is 694. The zero-order chi connectivity index (χ0) is 13.8. The van der Waals surface area contributed by atoms with Gasteiger partial charge in [-0.15, -0.1) is 0 Å². The van der Waals surface area contributed by atoms with Crippen LogP contribution in [0.4, 0.5) is 4.39 Å². The smallest absolute Gasteiger partial charge is 0.182 e. The molecule has 0 atom stereocenters. The second-order valence-electron chi connectivity index (χ2n) is 4.44. The van der Waals surface area contributed by atoms with E-state index < -0.39 is 0 Å². The standard InChI is InChI=1S/C15H13FN4/c16-13-6-2-1-4-11(13)7-8-14-18-15(20-19-14)12-5-3-9-17-10-12/h1-6,9-10H,7-8H2,(H,18,19,20). The first-order valence-electron chi connectivity index (χ1n) is 6.38. The van der Waals surface area contributed by atoms with E-state index in [1.165, 1.54) is 6.07 Å². The lowest BCUT2D eigenvalue weighted by molar-refractivity contribution is 0.607. The second-order valence-corrected chi connectivity index (χ2v) is 4.44. The molecular weight excluding hydrogens is 255 g/mol. The molecule has 1 N–H and O–H groups in total. The molecule has 5 heteroatoms. The Hall–Kier alpha value is -2.56. The molecule has 0 aliphatic heterocycles. The lowest BCUT2D eigenvalue weighted by Gasteiger charge is -2.00. The highest BCUT2D eigenvalue weighted by Crippen LogP contribution is 2.14. The predicted molar refractivity (Wildman–Crippen MR) is 73.4 cm³/mol. The maximum Gasteiger partial charge on any atom is 0.182 e. The van der Waals surface area contributed by atoms with Crippen molar-refractivity contribution in [2.45, 2.75) is 12.8 Å². The fourth-order valence-electron chi connectivity index (χ4n) is 1.99. The number of nitrogens with one attached hydrogen (secondary N) is 1. The van der Waals surface area contributed by atoms with Gasteiger partial charge < -0.3 is 0 Å². The number of hydrogen-bond acceptors (Lipinski definition) is 3. The van der Waals surface area contributed by atoms with Crippen LogP contribution in [0.3, 0.4) is 0 Å². The number of halogens is 1. The van der Waals surface area contributed by atoms with Crippen molar-refractivity contribution in [3.8, 4) is 11.4 Å². The number of pyridine rings is 1. The lowest BCUT2D eigenvalue weighted by Crippen LogP contribution is -1.96. The van der Waals surface area contributed by atoms with Crippen LogP contribution in [0.2, 0.25) is 0 Å². The zero-order valence-electron chi connectivity index (χ0n) is 10.8. The van der Waals surface area contributed by atoms with Gasteiger partial charge in [-0.25, -0.2) is 9.37 Å². The minimum absolute atomic E-state index is 0.181. The van der Waals surface area contributed by atoms with E-state index in [0.717, 1.165) is 11.4 Å². The van der Waals surface area contributed by atoms with E-state index in [1.54, 1.807) is 24.5 Å². The van der Waals surface area contributed by atoms with Gasteiger partial charge in [-0.05, 0) is 30.2 Å². The van der Waals surface area contributed by atoms with Crippen molar-refractivity contribution in [3.05, 3.63) is 66.0 Å². The van der Waals surface area contributed by atoms with Gasteiger partial charge in [-0.3, -0.25) is 10.1 Å². The molecule has 0 fully saturated rings. The van der Waals surface area contributed by atoms with Gasteiger partial charge in [0.15, 0.2) is 5.82 Å². The Morgan fingerprint density at radius 1 is 1.05 bits per heavy atom. The van der Waals surface area contributed by atoms with E-state index in [0.29, 0.717) is 24.2 Å². The average molecular weight is 268 g/mol. The van der Waals surface area contributed by atoms with Gasteiger partial charge in [0.25, 0.3) is 0 Å². The second kappa shape index (κ2) is 5.61. The summed E-state index contributed by atoms with van der Waals surface area (Å²) in [6.45, 7) is 0. The SMILES string of the molecule is Fc1ccccc1CCc1nc(-c2cccnc2)n[nH]1. The summed E-state index contributed by atoms with van der Waals surface area (Å²) in [6.07, 6.45) is 4.63. The molecule has 0 amide bonds. The summed E-state index contributed by atoms with van der Waals surface area (Å²) in [5, 5.41) is 7.03. The van der Waals surface area contributed by atoms with E-state index in [4.69, 9.17) is 0 Å². The monoisotopic (exact) mass is 268 g/mol. The molecule has 2 heterocycles. The molecule has 3 rings (SSSR count). The van der Waals surface area contributed by atoms with Crippen molar-refractivity contribution in [1.82, 2.24) is 20.2 Å². The minimum atomic E-state index is -0.181. The third kappa shape index (κ3) is 2.71. The molecule has 0 aliphatic carbocycles. The molecule has 20 heavy (non-hydrogen) atoms. The number of hydrogen-bond donors (Lipinski definition) is 1. The number of nitrogens with zero attached hydrogens (tertiary/aromatic N) is 3. The quantitative estimate of drug-likeness (QED) is 0.791. The molecule has 0 saturated carbocycles. The number of benzene rings is 1. The largest absolute Gasteiger partial charge is 0.264 e. The number of H-pyrrole nitrogens is 1. The number of aromatic amines is 1. The summed E-state index contributed by atoms with van der Waals surface area (Å²) >= 11 is 0. The lowest BCUT2D eigenvalue weighted by atomic mass is 10.1. The highest BCUT2D eigenvalue weighted by molar-refractivity contribution is 5.52. The molecule has 0 saturated heterocycles. The van der Waals surface area contributed by atoms with E-state index in [2.05, 4.69) is 20.2 Å². The van der Waals surface area contributed by atoms with Crippen molar-refractivity contribution < 1.29 is 4.39 Å². The topological polar surface area (TPSA) is 54.5 Å². The summed E-state index contributed by atoms with van der Waals surface area (Å²) in [5.41, 5.74) is 1.55. The Balaban J connectivity index is 1.71. The zero-order valence-corrected chi connectivity index (χ0v) is 10.8. The van der Waals surface area contributed by atoms with Crippen molar-refractivity contribution in [2.75, 3.05) is 0 Å². The van der Waals surface area contributed by atoms with Crippen molar-refractivity contribution in [2.24, 2.45) is 0 Å². The molecule has 0 radical (unpaired) electrons. The van der Waals surface area contributed by atoms with Gasteiger partial charge in [0.05, 0.1) is 0 Å². The molecular formula is C15H13FN4. The van der Waals surface area contributed by atoms with Crippen molar-refractivity contribution in [3.63, 3.8) is 0 Å². The molecule has 3 aromatic rings. The normalized spacial score (nSPS) is 10.7. The van der Waals surface area contributed by atoms with Crippen LogP contribution in [0.5, 0.6) is 0 Å². The summed E-state index contributed by atoms with van der Waals surface area (Å²) in [7, 11) is 0. The van der Waals surface area contributed by atoms with Gasteiger partial charge in [-0.2, -0.15) is 5.10 Å². The summed E-state index contributed by atoms with van der Waals surface area (Å²) < 4.78 is 13.5. The number of aryl methyl sites for hydroxylation is 2. The summed E-state index contributed by atoms with van der Waals surface area (Å²) in [4.78, 5) is 8.43. The maximum absolute atomic E-state index is 13.5. The summed E-state index contributed by atoms with van der Waals surface area (Å²) in [6, 6.07) is 10.5. The van der Waals surface area contributed by atoms with Crippen LogP contribution in [0.25, 0.3) is 11.4 Å². The third-order valence-electron chi connectivity index (χ3n) is 3.04. The van der Waals surface area contributed by atoms with Crippen LogP contribution in [0, 0.1) is 5.82 Å². The Labute approximate surface area is 115 Å². The summed E-state index contributed by atoms with van der Waals surface area (Å²) in [5.74, 6) is 1.17. The van der Waals surface area contributed by atoms with Crippen LogP contribution in [-0.4, -0.2) is 20.2 Å². The van der Waals surface area contributed by atoms with Gasteiger partial charge in [0.1, 0.15) is 11.6 Å². The van der Waals surface area contributed by atoms with Crippen LogP contribution in [0.15, 0.2) is 48.8 Å². The molecule has 0 bridgehead atoms. The average Bonchev–Trinajstić information content (AvgIpc) is 2.96. The highest BCUT2D eigenvalue weighted by atomic mass is 19.1. The molecule has 2 aromatic heterocycles. The fraction of sp³-hybridized carbons (Fsp3) is 0.133. The van der Waals surface area contributed by atoms with Gasteiger partial charge >= 0.3 is 0 Å². The Kier molecular flexibility index (Phi) is 3.50. The van der Waals surface area contributed by atoms with Crippen molar-refractivity contribution in [1.29, 1.82) is 0 Å². The predicted octanol–water partition coefficient (Wildman–Crippen LogP) is 2.79. The number of rotatable bonds is 4. The van der Waals surface area contributed by atoms with Crippen LogP contribution < -0.4 is 0 Å². The van der Waals surface area contributed by atoms with Gasteiger partial charge in [0.2, 0.25) is 0 Å². The van der Waals surface area contributed by atoms with Crippen LogP contribution in [0.1, 0.15) is 11.4 Å². The number of aromatic nitrogens is 4. The van der Waals surface area contributed by atoms with E-state index in [1.807, 2.05) is 18.2 Å². The molecule has 100 valence electrons. The minimum Gasteiger partial charge on any atom is -0.264 e. The van der Waals surface area contributed by atoms with E-state index >= 15 is 0 Å².